The number of carboxylic acids is 1. The summed E-state index contributed by atoms with van der Waals surface area (Å²) >= 11 is 0. The number of hydrogen-bond donors (Lipinski definition) is 2. The maximum Gasteiger partial charge on any atom is 0.326 e. The summed E-state index contributed by atoms with van der Waals surface area (Å²) < 4.78 is 36.2. The smallest absolute Gasteiger partial charge is 0.326 e. The van der Waals surface area contributed by atoms with Crippen LogP contribution in [0.15, 0.2) is 23.1 Å². The van der Waals surface area contributed by atoms with Crippen molar-refractivity contribution in [2.24, 2.45) is 0 Å². The summed E-state index contributed by atoms with van der Waals surface area (Å²) in [4.78, 5) is 10.8. The van der Waals surface area contributed by atoms with E-state index in [0.29, 0.717) is 12.8 Å². The number of benzene rings is 1. The van der Waals surface area contributed by atoms with E-state index in [1.54, 1.807) is 0 Å². The first-order chi connectivity index (χ1) is 8.75. The molecule has 0 saturated carbocycles. The molecular weight excluding hydrogens is 273 g/mol. The lowest BCUT2D eigenvalue weighted by Crippen LogP contribution is -2.29. The SMILES string of the molecule is CCCC(Nc1ccc(S(C)(=O)=O)cc1F)C(=O)O. The number of carboxylic acid groups (broad SMARTS) is 1. The molecule has 0 bridgehead atoms. The standard InChI is InChI=1S/C12H16FNO4S/c1-3-4-11(12(15)16)14-10-6-5-8(7-9(10)13)19(2,17)18/h5-7,11,14H,3-4H2,1-2H3,(H,15,16). The van der Waals surface area contributed by atoms with Crippen LogP contribution in [0.3, 0.4) is 0 Å². The normalized spacial score (nSPS) is 13.0. The third-order valence-corrected chi connectivity index (χ3v) is 3.68. The van der Waals surface area contributed by atoms with Crippen molar-refractivity contribution in [1.29, 1.82) is 0 Å². The van der Waals surface area contributed by atoms with Crippen LogP contribution in [0.2, 0.25) is 0 Å². The molecule has 7 heteroatoms. The van der Waals surface area contributed by atoms with Gasteiger partial charge in [-0.1, -0.05) is 13.3 Å². The maximum absolute atomic E-state index is 13.7. The lowest BCUT2D eigenvalue weighted by Gasteiger charge is -2.15. The highest BCUT2D eigenvalue weighted by Gasteiger charge is 2.18. The van der Waals surface area contributed by atoms with Crippen LogP contribution in [0, 0.1) is 5.82 Å². The van der Waals surface area contributed by atoms with Crippen molar-refractivity contribution in [2.75, 3.05) is 11.6 Å². The first-order valence-electron chi connectivity index (χ1n) is 5.74. The summed E-state index contributed by atoms with van der Waals surface area (Å²) in [5.74, 6) is -1.86. The summed E-state index contributed by atoms with van der Waals surface area (Å²) in [5.41, 5.74) is -0.0201. The average molecular weight is 289 g/mol. The van der Waals surface area contributed by atoms with Gasteiger partial charge in [0.05, 0.1) is 10.6 Å². The second kappa shape index (κ2) is 6.01. The molecule has 5 nitrogen and oxygen atoms in total. The van der Waals surface area contributed by atoms with E-state index < -0.39 is 27.7 Å². The topological polar surface area (TPSA) is 83.5 Å². The van der Waals surface area contributed by atoms with Gasteiger partial charge in [0.2, 0.25) is 0 Å². The van der Waals surface area contributed by atoms with E-state index in [2.05, 4.69) is 5.32 Å². The van der Waals surface area contributed by atoms with Crippen LogP contribution in [0.25, 0.3) is 0 Å². The number of halogens is 1. The van der Waals surface area contributed by atoms with Crippen molar-refractivity contribution in [2.45, 2.75) is 30.7 Å². The molecule has 0 saturated heterocycles. The highest BCUT2D eigenvalue weighted by atomic mass is 32.2. The Morgan fingerprint density at radius 3 is 2.53 bits per heavy atom. The molecule has 0 spiro atoms. The van der Waals surface area contributed by atoms with Crippen molar-refractivity contribution >= 4 is 21.5 Å². The van der Waals surface area contributed by atoms with Crippen molar-refractivity contribution in [3.8, 4) is 0 Å². The van der Waals surface area contributed by atoms with E-state index in [9.17, 15) is 17.6 Å². The molecule has 19 heavy (non-hydrogen) atoms. The number of aliphatic carboxylic acids is 1. The van der Waals surface area contributed by atoms with Crippen molar-refractivity contribution < 1.29 is 22.7 Å². The fourth-order valence-corrected chi connectivity index (χ4v) is 2.21. The van der Waals surface area contributed by atoms with Crippen LogP contribution in [-0.4, -0.2) is 31.8 Å². The van der Waals surface area contributed by atoms with E-state index in [-0.39, 0.29) is 10.6 Å². The summed E-state index contributed by atoms with van der Waals surface area (Å²) in [7, 11) is -3.48. The fourth-order valence-electron chi connectivity index (χ4n) is 1.58. The lowest BCUT2D eigenvalue weighted by atomic mass is 10.1. The monoisotopic (exact) mass is 289 g/mol. The summed E-state index contributed by atoms with van der Waals surface area (Å²) in [6, 6.07) is 2.45. The molecule has 2 N–H and O–H groups in total. The minimum atomic E-state index is -3.48. The molecule has 0 aromatic heterocycles. The highest BCUT2D eigenvalue weighted by Crippen LogP contribution is 2.20. The molecule has 1 aromatic carbocycles. The molecule has 0 heterocycles. The zero-order valence-electron chi connectivity index (χ0n) is 10.7. The van der Waals surface area contributed by atoms with Gasteiger partial charge in [-0.3, -0.25) is 0 Å². The van der Waals surface area contributed by atoms with Gasteiger partial charge in [0, 0.05) is 6.26 Å². The van der Waals surface area contributed by atoms with E-state index in [0.717, 1.165) is 12.3 Å². The Bertz CT molecular complexity index is 571. The minimum Gasteiger partial charge on any atom is -0.480 e. The first-order valence-corrected chi connectivity index (χ1v) is 7.63. The van der Waals surface area contributed by atoms with E-state index in [4.69, 9.17) is 5.11 Å². The minimum absolute atomic E-state index is 0.0201. The van der Waals surface area contributed by atoms with Gasteiger partial charge in [-0.05, 0) is 24.6 Å². The Balaban J connectivity index is 3.00. The van der Waals surface area contributed by atoms with E-state index in [1.807, 2.05) is 6.92 Å². The molecule has 106 valence electrons. The van der Waals surface area contributed by atoms with Crippen LogP contribution in [0.4, 0.5) is 10.1 Å². The lowest BCUT2D eigenvalue weighted by molar-refractivity contribution is -0.138. The zero-order valence-corrected chi connectivity index (χ0v) is 11.5. The molecule has 1 aromatic rings. The maximum atomic E-state index is 13.7. The molecule has 0 radical (unpaired) electrons. The fraction of sp³-hybridized carbons (Fsp3) is 0.417. The number of sulfone groups is 1. The number of carbonyl (C=O) groups is 1. The molecule has 0 amide bonds. The Hall–Kier alpha value is -1.63. The Morgan fingerprint density at radius 1 is 1.47 bits per heavy atom. The van der Waals surface area contributed by atoms with Gasteiger partial charge < -0.3 is 10.4 Å². The molecule has 1 unspecified atom stereocenters. The van der Waals surface area contributed by atoms with Gasteiger partial charge in [0.25, 0.3) is 0 Å². The summed E-state index contributed by atoms with van der Waals surface area (Å²) in [6.45, 7) is 1.82. The summed E-state index contributed by atoms with van der Waals surface area (Å²) in [5, 5.41) is 11.5. The second-order valence-corrected chi connectivity index (χ2v) is 6.25. The molecule has 0 aliphatic heterocycles. The van der Waals surface area contributed by atoms with Crippen molar-refractivity contribution in [3.63, 3.8) is 0 Å². The number of rotatable bonds is 6. The number of hydrogen-bond acceptors (Lipinski definition) is 4. The van der Waals surface area contributed by atoms with Gasteiger partial charge in [-0.2, -0.15) is 0 Å². The van der Waals surface area contributed by atoms with Crippen molar-refractivity contribution in [3.05, 3.63) is 24.0 Å². The number of anilines is 1. The van der Waals surface area contributed by atoms with Crippen LogP contribution >= 0.6 is 0 Å². The van der Waals surface area contributed by atoms with Crippen molar-refractivity contribution in [1.82, 2.24) is 0 Å². The van der Waals surface area contributed by atoms with Gasteiger partial charge in [0.1, 0.15) is 11.9 Å². The van der Waals surface area contributed by atoms with Crippen LogP contribution < -0.4 is 5.32 Å². The van der Waals surface area contributed by atoms with E-state index >= 15 is 0 Å². The second-order valence-electron chi connectivity index (χ2n) is 4.24. The van der Waals surface area contributed by atoms with Crippen LogP contribution in [0.5, 0.6) is 0 Å². The van der Waals surface area contributed by atoms with E-state index in [1.165, 1.54) is 12.1 Å². The highest BCUT2D eigenvalue weighted by molar-refractivity contribution is 7.90. The average Bonchev–Trinajstić information content (AvgIpc) is 2.29. The molecule has 0 aliphatic rings. The predicted octanol–water partition coefficient (Wildman–Crippen LogP) is 1.89. The zero-order chi connectivity index (χ0) is 14.6. The molecule has 1 rings (SSSR count). The van der Waals surface area contributed by atoms with Gasteiger partial charge in [-0.25, -0.2) is 17.6 Å². The quantitative estimate of drug-likeness (QED) is 0.835. The molecule has 0 fully saturated rings. The molecular formula is C12H16FNO4S. The summed E-state index contributed by atoms with van der Waals surface area (Å²) in [6.07, 6.45) is 1.96. The molecule has 0 aliphatic carbocycles. The van der Waals surface area contributed by atoms with Crippen LogP contribution in [-0.2, 0) is 14.6 Å². The van der Waals surface area contributed by atoms with Crippen LogP contribution in [0.1, 0.15) is 19.8 Å². The Morgan fingerprint density at radius 2 is 2.11 bits per heavy atom. The van der Waals surface area contributed by atoms with Gasteiger partial charge >= 0.3 is 5.97 Å². The largest absolute Gasteiger partial charge is 0.480 e. The third-order valence-electron chi connectivity index (χ3n) is 2.57. The van der Waals surface area contributed by atoms with Gasteiger partial charge in [-0.15, -0.1) is 0 Å². The third kappa shape index (κ3) is 4.20. The Labute approximate surface area is 111 Å². The molecule has 1 atom stereocenters. The van der Waals surface area contributed by atoms with Gasteiger partial charge in [0.15, 0.2) is 9.84 Å². The Kier molecular flexibility index (Phi) is 4.88. The number of nitrogens with one attached hydrogen (secondary N) is 1. The predicted molar refractivity (Wildman–Crippen MR) is 69.5 cm³/mol. The first kappa shape index (κ1) is 15.4.